The second-order valence-electron chi connectivity index (χ2n) is 1.40. The molecule has 0 heterocycles. The lowest BCUT2D eigenvalue weighted by atomic mass is 15.7. The van der Waals surface area contributed by atoms with Gasteiger partial charge in [0.15, 0.2) is 0 Å². The smallest absolute Gasteiger partial charge is 0.326 e. The van der Waals surface area contributed by atoms with E-state index >= 15 is 0 Å². The van der Waals surface area contributed by atoms with Gasteiger partial charge in [0, 0.05) is 0 Å². The predicted molar refractivity (Wildman–Crippen MR) is 35.3 cm³/mol. The number of phosphoric acid groups is 2. The van der Waals surface area contributed by atoms with Crippen LogP contribution in [0, 0.1) is 0 Å². The highest BCUT2D eigenvalue weighted by Crippen LogP contribution is 2.60. The molecule has 4 N–H and O–H groups in total. The Bertz CT molecular complexity index is 257. The SMILES string of the molecule is O=[PH](O)OP(=O)(O)OP(=O)(O)O. The number of rotatable bonds is 4. The molecule has 2 unspecified atom stereocenters. The summed E-state index contributed by atoms with van der Waals surface area (Å²) in [5.74, 6) is 0. The van der Waals surface area contributed by atoms with Gasteiger partial charge in [0.05, 0.1) is 0 Å². The molecule has 0 saturated heterocycles. The van der Waals surface area contributed by atoms with Crippen molar-refractivity contribution >= 4 is 23.9 Å². The van der Waals surface area contributed by atoms with Crippen molar-refractivity contribution in [3.05, 3.63) is 0 Å². The monoisotopic (exact) mass is 242 g/mol. The Morgan fingerprint density at radius 2 is 1.58 bits per heavy atom. The predicted octanol–water partition coefficient (Wildman–Crippen LogP) is -0.405. The fraction of sp³-hybridized carbons (Fsp3) is 0. The van der Waals surface area contributed by atoms with Crippen LogP contribution in [0.4, 0.5) is 0 Å². The van der Waals surface area contributed by atoms with E-state index in [1.165, 1.54) is 0 Å². The molecule has 0 aliphatic heterocycles. The third-order valence-corrected chi connectivity index (χ3v) is 3.63. The molecule has 12 heteroatoms. The van der Waals surface area contributed by atoms with Gasteiger partial charge >= 0.3 is 23.9 Å². The maximum absolute atomic E-state index is 10.3. The molecule has 0 spiro atoms. The van der Waals surface area contributed by atoms with E-state index in [-0.39, 0.29) is 0 Å². The first-order chi connectivity index (χ1) is 5.12. The largest absolute Gasteiger partial charge is 0.488 e. The molecule has 0 aliphatic rings. The molecule has 0 saturated carbocycles. The van der Waals surface area contributed by atoms with Crippen LogP contribution in [0.25, 0.3) is 0 Å². The standard InChI is InChI=1S/H5O9P3/c1-10(2)8-12(6,7)9-11(3,4)5/h10H,(H,1,2)(H,6,7)(H2,3,4,5). The topological polar surface area (TPSA) is 151 Å². The molecule has 0 amide bonds. The van der Waals surface area contributed by atoms with Gasteiger partial charge in [0.25, 0.3) is 0 Å². The molecule has 0 aliphatic carbocycles. The van der Waals surface area contributed by atoms with Gasteiger partial charge < -0.3 is 19.6 Å². The van der Waals surface area contributed by atoms with Crippen LogP contribution in [0.1, 0.15) is 0 Å². The summed E-state index contributed by atoms with van der Waals surface area (Å²) in [4.78, 5) is 32.2. The van der Waals surface area contributed by atoms with Gasteiger partial charge in [-0.2, -0.15) is 4.31 Å². The summed E-state index contributed by atoms with van der Waals surface area (Å²) in [6.45, 7) is 0. The number of hydrogen-bond donors (Lipinski definition) is 4. The van der Waals surface area contributed by atoms with E-state index in [1.54, 1.807) is 0 Å². The zero-order valence-corrected chi connectivity index (χ0v) is 8.01. The highest BCUT2D eigenvalue weighted by molar-refractivity contribution is 7.64. The molecule has 74 valence electrons. The minimum Gasteiger partial charge on any atom is -0.326 e. The van der Waals surface area contributed by atoms with Gasteiger partial charge in [0.1, 0.15) is 0 Å². The average Bonchev–Trinajstić information content (AvgIpc) is 1.48. The first-order valence-electron chi connectivity index (χ1n) is 2.14. The van der Waals surface area contributed by atoms with Crippen molar-refractivity contribution in [3.8, 4) is 0 Å². The Kier molecular flexibility index (Phi) is 4.26. The Morgan fingerprint density at radius 1 is 1.17 bits per heavy atom. The van der Waals surface area contributed by atoms with E-state index in [0.717, 1.165) is 0 Å². The maximum atomic E-state index is 10.3. The Balaban J connectivity index is 4.35. The average molecular weight is 242 g/mol. The van der Waals surface area contributed by atoms with Crippen molar-refractivity contribution < 1.29 is 41.9 Å². The van der Waals surface area contributed by atoms with Crippen LogP contribution in [0.2, 0.25) is 0 Å². The van der Waals surface area contributed by atoms with Gasteiger partial charge in [0.2, 0.25) is 0 Å². The van der Waals surface area contributed by atoms with Gasteiger partial charge in [-0.1, -0.05) is 0 Å². The van der Waals surface area contributed by atoms with Crippen LogP contribution in [0.3, 0.4) is 0 Å². The van der Waals surface area contributed by atoms with Crippen LogP contribution >= 0.6 is 23.9 Å². The van der Waals surface area contributed by atoms with Gasteiger partial charge in [-0.05, 0) is 0 Å². The molecule has 2 atom stereocenters. The van der Waals surface area contributed by atoms with Gasteiger partial charge in [-0.15, -0.1) is 0 Å². The van der Waals surface area contributed by atoms with E-state index in [2.05, 4.69) is 8.62 Å². The molecule has 0 rings (SSSR count). The van der Waals surface area contributed by atoms with Crippen molar-refractivity contribution in [1.29, 1.82) is 0 Å². The van der Waals surface area contributed by atoms with Crippen molar-refractivity contribution in [3.63, 3.8) is 0 Å². The lowest BCUT2D eigenvalue weighted by Crippen LogP contribution is -1.87. The summed E-state index contributed by atoms with van der Waals surface area (Å²) in [6, 6.07) is 0. The van der Waals surface area contributed by atoms with Crippen LogP contribution in [-0.4, -0.2) is 19.6 Å². The first-order valence-corrected chi connectivity index (χ1v) is 6.43. The minimum absolute atomic E-state index is 3.16. The Morgan fingerprint density at radius 3 is 1.83 bits per heavy atom. The van der Waals surface area contributed by atoms with Crippen molar-refractivity contribution in [1.82, 2.24) is 0 Å². The van der Waals surface area contributed by atoms with Crippen LogP contribution < -0.4 is 0 Å². The summed E-state index contributed by atoms with van der Waals surface area (Å²) >= 11 is 0. The third-order valence-electron chi connectivity index (χ3n) is 0.403. The van der Waals surface area contributed by atoms with E-state index < -0.39 is 23.9 Å². The van der Waals surface area contributed by atoms with Crippen LogP contribution in [-0.2, 0) is 22.3 Å². The molecule has 0 bridgehead atoms. The lowest BCUT2D eigenvalue weighted by molar-refractivity contribution is 0.227. The maximum Gasteiger partial charge on any atom is 0.488 e. The Labute approximate surface area is 66.8 Å². The Hall–Kier alpha value is 0.450. The molecule has 9 nitrogen and oxygen atoms in total. The molecular formula is H5O9P3. The van der Waals surface area contributed by atoms with Crippen LogP contribution in [0.15, 0.2) is 0 Å². The fourth-order valence-corrected chi connectivity index (χ4v) is 2.55. The van der Waals surface area contributed by atoms with Gasteiger partial charge in [-0.25, -0.2) is 13.4 Å². The zero-order chi connectivity index (χ0) is 9.99. The summed E-state index contributed by atoms with van der Waals surface area (Å²) in [7, 11) is -14.2. The minimum atomic E-state index is -5.22. The summed E-state index contributed by atoms with van der Waals surface area (Å²) < 4.78 is 36.5. The second-order valence-corrected chi connectivity index (χ2v) is 5.23. The van der Waals surface area contributed by atoms with Gasteiger partial charge in [-0.3, -0.25) is 4.57 Å². The van der Waals surface area contributed by atoms with Crippen LogP contribution in [0.5, 0.6) is 0 Å². The second kappa shape index (κ2) is 4.11. The molecular weight excluding hydrogens is 237 g/mol. The zero-order valence-electron chi connectivity index (χ0n) is 5.22. The highest BCUT2D eigenvalue weighted by atomic mass is 31.3. The molecule has 0 aromatic heterocycles. The van der Waals surface area contributed by atoms with E-state index in [0.29, 0.717) is 0 Å². The normalized spacial score (nSPS) is 20.0. The summed E-state index contributed by atoms with van der Waals surface area (Å²) in [5, 5.41) is 0. The quantitative estimate of drug-likeness (QED) is 0.482. The molecule has 0 aromatic carbocycles. The number of hydrogen-bond acceptors (Lipinski definition) is 5. The van der Waals surface area contributed by atoms with E-state index in [1.807, 2.05) is 0 Å². The third kappa shape index (κ3) is 7.12. The lowest BCUT2D eigenvalue weighted by Gasteiger charge is -2.09. The first kappa shape index (κ1) is 12.4. The molecule has 0 aromatic rings. The fourth-order valence-electron chi connectivity index (χ4n) is 0.250. The van der Waals surface area contributed by atoms with Crippen molar-refractivity contribution in [2.75, 3.05) is 0 Å². The van der Waals surface area contributed by atoms with Crippen molar-refractivity contribution in [2.24, 2.45) is 0 Å². The summed E-state index contributed by atoms with van der Waals surface area (Å²) in [5.41, 5.74) is 0. The molecule has 0 fully saturated rings. The highest BCUT2D eigenvalue weighted by Gasteiger charge is 2.33. The molecule has 12 heavy (non-hydrogen) atoms. The van der Waals surface area contributed by atoms with E-state index in [9.17, 15) is 13.7 Å². The van der Waals surface area contributed by atoms with E-state index in [4.69, 9.17) is 19.6 Å². The molecule has 0 radical (unpaired) electrons. The van der Waals surface area contributed by atoms with Crippen molar-refractivity contribution in [2.45, 2.75) is 0 Å². The summed E-state index contributed by atoms with van der Waals surface area (Å²) in [6.07, 6.45) is 0.